The maximum Gasteiger partial charge on any atom is 0.408 e. The van der Waals surface area contributed by atoms with Gasteiger partial charge in [0.05, 0.1) is 7.11 Å². The largest absolute Gasteiger partial charge is 0.467 e. The molecule has 138 valence electrons. The number of carbonyl (C=O) groups excluding carboxylic acids is 3. The highest BCUT2D eigenvalue weighted by Gasteiger charge is 2.25. The van der Waals surface area contributed by atoms with Crippen LogP contribution in [0.3, 0.4) is 0 Å². The number of methoxy groups -OCH3 is 1. The maximum atomic E-state index is 12.3. The first-order valence-corrected chi connectivity index (χ1v) is 8.19. The second-order valence-electron chi connectivity index (χ2n) is 6.14. The molecule has 0 aliphatic heterocycles. The molecular weight excluding hydrogens is 324 g/mol. The highest BCUT2D eigenvalue weighted by Crippen LogP contribution is 2.07. The Morgan fingerprint density at radius 3 is 2.24 bits per heavy atom. The monoisotopic (exact) mass is 350 g/mol. The van der Waals surface area contributed by atoms with E-state index < -0.39 is 30.1 Å². The number of hydrogen-bond acceptors (Lipinski definition) is 5. The molecule has 0 heterocycles. The van der Waals surface area contributed by atoms with E-state index in [-0.39, 0.29) is 12.5 Å². The number of amides is 2. The van der Waals surface area contributed by atoms with Gasteiger partial charge >= 0.3 is 12.1 Å². The van der Waals surface area contributed by atoms with E-state index in [1.807, 2.05) is 44.2 Å². The normalized spacial score (nSPS) is 12.8. The molecule has 0 spiro atoms. The molecular formula is C18H26N2O5. The van der Waals surface area contributed by atoms with E-state index in [2.05, 4.69) is 15.4 Å². The molecule has 0 unspecified atom stereocenters. The molecule has 1 aromatic carbocycles. The number of esters is 1. The maximum absolute atomic E-state index is 12.3. The molecule has 7 nitrogen and oxygen atoms in total. The first-order chi connectivity index (χ1) is 11.8. The first-order valence-electron chi connectivity index (χ1n) is 8.19. The van der Waals surface area contributed by atoms with Crippen LogP contribution in [-0.4, -0.2) is 37.2 Å². The van der Waals surface area contributed by atoms with Gasteiger partial charge in [-0.05, 0) is 24.8 Å². The number of benzene rings is 1. The summed E-state index contributed by atoms with van der Waals surface area (Å²) in [6, 6.07) is 7.65. The van der Waals surface area contributed by atoms with Gasteiger partial charge < -0.3 is 20.1 Å². The Balaban J connectivity index is 2.60. The van der Waals surface area contributed by atoms with Crippen molar-refractivity contribution in [3.63, 3.8) is 0 Å². The molecule has 1 rings (SSSR count). The average molecular weight is 350 g/mol. The van der Waals surface area contributed by atoms with E-state index in [1.54, 1.807) is 0 Å². The van der Waals surface area contributed by atoms with Crippen molar-refractivity contribution in [1.82, 2.24) is 10.6 Å². The van der Waals surface area contributed by atoms with Crippen LogP contribution in [0, 0.1) is 5.92 Å². The summed E-state index contributed by atoms with van der Waals surface area (Å²) < 4.78 is 9.72. The third-order valence-corrected chi connectivity index (χ3v) is 3.44. The first kappa shape index (κ1) is 20.5. The zero-order valence-electron chi connectivity index (χ0n) is 15.1. The van der Waals surface area contributed by atoms with E-state index in [4.69, 9.17) is 4.74 Å². The Kier molecular flexibility index (Phi) is 8.46. The van der Waals surface area contributed by atoms with Gasteiger partial charge in [0, 0.05) is 0 Å². The number of nitrogens with one attached hydrogen (secondary N) is 2. The minimum Gasteiger partial charge on any atom is -0.467 e. The van der Waals surface area contributed by atoms with Crippen molar-refractivity contribution in [2.75, 3.05) is 7.11 Å². The van der Waals surface area contributed by atoms with Gasteiger partial charge in [-0.2, -0.15) is 0 Å². The molecule has 2 atom stereocenters. The minimum atomic E-state index is -0.797. The Morgan fingerprint density at radius 2 is 1.68 bits per heavy atom. The predicted molar refractivity (Wildman–Crippen MR) is 92.6 cm³/mol. The lowest BCUT2D eigenvalue weighted by Crippen LogP contribution is -2.51. The lowest BCUT2D eigenvalue weighted by atomic mass is 10.0. The van der Waals surface area contributed by atoms with Crippen LogP contribution in [0.4, 0.5) is 4.79 Å². The van der Waals surface area contributed by atoms with Crippen LogP contribution in [0.15, 0.2) is 30.3 Å². The third-order valence-electron chi connectivity index (χ3n) is 3.44. The standard InChI is InChI=1S/C18H26N2O5/c1-12(2)10-15(16(21)19-13(3)17(22)24-4)20-18(23)25-11-14-8-6-5-7-9-14/h5-9,12-13,15H,10-11H2,1-4H3,(H,19,21)(H,20,23)/t13-,15-/m0/s1. The number of alkyl carbamates (subject to hydrolysis) is 1. The Labute approximate surface area is 148 Å². The fourth-order valence-electron chi connectivity index (χ4n) is 2.16. The molecule has 2 amide bonds. The van der Waals surface area contributed by atoms with Gasteiger partial charge in [-0.3, -0.25) is 4.79 Å². The molecule has 0 aliphatic rings. The molecule has 0 saturated heterocycles. The van der Waals surface area contributed by atoms with E-state index in [9.17, 15) is 14.4 Å². The van der Waals surface area contributed by atoms with E-state index in [0.29, 0.717) is 6.42 Å². The lowest BCUT2D eigenvalue weighted by Gasteiger charge is -2.21. The van der Waals surface area contributed by atoms with Crippen molar-refractivity contribution in [3.05, 3.63) is 35.9 Å². The summed E-state index contributed by atoms with van der Waals surface area (Å²) in [5.41, 5.74) is 0.849. The van der Waals surface area contributed by atoms with Crippen molar-refractivity contribution in [2.24, 2.45) is 5.92 Å². The Bertz CT molecular complexity index is 574. The number of hydrogen-bond donors (Lipinski definition) is 2. The lowest BCUT2D eigenvalue weighted by molar-refractivity contribution is -0.144. The summed E-state index contributed by atoms with van der Waals surface area (Å²) in [7, 11) is 1.25. The smallest absolute Gasteiger partial charge is 0.408 e. The van der Waals surface area contributed by atoms with Crippen LogP contribution in [0.25, 0.3) is 0 Å². The summed E-state index contributed by atoms with van der Waals surface area (Å²) in [6.07, 6.45) is -0.268. The second-order valence-corrected chi connectivity index (χ2v) is 6.14. The van der Waals surface area contributed by atoms with Crippen LogP contribution < -0.4 is 10.6 Å². The second kappa shape index (κ2) is 10.3. The van der Waals surface area contributed by atoms with Crippen LogP contribution in [0.2, 0.25) is 0 Å². The molecule has 0 aliphatic carbocycles. The van der Waals surface area contributed by atoms with Gasteiger partial charge in [-0.1, -0.05) is 44.2 Å². The Morgan fingerprint density at radius 1 is 1.04 bits per heavy atom. The highest BCUT2D eigenvalue weighted by molar-refractivity contribution is 5.89. The molecule has 7 heteroatoms. The van der Waals surface area contributed by atoms with Gasteiger partial charge in [-0.25, -0.2) is 9.59 Å². The third kappa shape index (κ3) is 7.69. The molecule has 0 bridgehead atoms. The van der Waals surface area contributed by atoms with E-state index in [1.165, 1.54) is 14.0 Å². The quantitative estimate of drug-likeness (QED) is 0.700. The van der Waals surface area contributed by atoms with Gasteiger partial charge in [0.25, 0.3) is 0 Å². The average Bonchev–Trinajstić information content (AvgIpc) is 2.59. The molecule has 1 aromatic rings. The van der Waals surface area contributed by atoms with E-state index >= 15 is 0 Å². The predicted octanol–water partition coefficient (Wildman–Crippen LogP) is 2.01. The van der Waals surface area contributed by atoms with Gasteiger partial charge in [0.15, 0.2) is 0 Å². The van der Waals surface area contributed by atoms with Crippen molar-refractivity contribution < 1.29 is 23.9 Å². The summed E-state index contributed by atoms with van der Waals surface area (Å²) in [5.74, 6) is -0.842. The molecule has 0 saturated carbocycles. The number of carbonyl (C=O) groups is 3. The van der Waals surface area contributed by atoms with Crippen molar-refractivity contribution >= 4 is 18.0 Å². The zero-order chi connectivity index (χ0) is 18.8. The van der Waals surface area contributed by atoms with Crippen LogP contribution in [-0.2, 0) is 25.7 Å². The van der Waals surface area contributed by atoms with Crippen molar-refractivity contribution in [3.8, 4) is 0 Å². The SMILES string of the molecule is COC(=O)[C@H](C)NC(=O)[C@H](CC(C)C)NC(=O)OCc1ccccc1. The molecule has 0 radical (unpaired) electrons. The topological polar surface area (TPSA) is 93.7 Å². The highest BCUT2D eigenvalue weighted by atomic mass is 16.5. The van der Waals surface area contributed by atoms with Crippen LogP contribution in [0.1, 0.15) is 32.8 Å². The summed E-state index contributed by atoms with van der Waals surface area (Å²) in [4.78, 5) is 35.7. The molecule has 25 heavy (non-hydrogen) atoms. The fraction of sp³-hybridized carbons (Fsp3) is 0.500. The summed E-state index contributed by atoms with van der Waals surface area (Å²) >= 11 is 0. The van der Waals surface area contributed by atoms with Crippen molar-refractivity contribution in [2.45, 2.75) is 45.9 Å². The summed E-state index contributed by atoms with van der Waals surface area (Å²) in [6.45, 7) is 5.49. The molecule has 0 fully saturated rings. The summed E-state index contributed by atoms with van der Waals surface area (Å²) in [5, 5.41) is 5.09. The van der Waals surface area contributed by atoms with Crippen LogP contribution in [0.5, 0.6) is 0 Å². The zero-order valence-corrected chi connectivity index (χ0v) is 15.1. The van der Waals surface area contributed by atoms with Gasteiger partial charge in [0.2, 0.25) is 5.91 Å². The number of ether oxygens (including phenoxy) is 2. The van der Waals surface area contributed by atoms with Crippen LogP contribution >= 0.6 is 0 Å². The van der Waals surface area contributed by atoms with Gasteiger partial charge in [0.1, 0.15) is 18.7 Å². The van der Waals surface area contributed by atoms with E-state index in [0.717, 1.165) is 5.56 Å². The minimum absolute atomic E-state index is 0.112. The number of rotatable bonds is 8. The Hall–Kier alpha value is -2.57. The van der Waals surface area contributed by atoms with Crippen molar-refractivity contribution in [1.29, 1.82) is 0 Å². The fourth-order valence-corrected chi connectivity index (χ4v) is 2.16. The molecule has 2 N–H and O–H groups in total. The molecule has 0 aromatic heterocycles. The van der Waals surface area contributed by atoms with Gasteiger partial charge in [-0.15, -0.1) is 0 Å².